The highest BCUT2D eigenvalue weighted by atomic mass is 32.1. The lowest BCUT2D eigenvalue weighted by Crippen LogP contribution is -2.49. The Morgan fingerprint density at radius 2 is 2.06 bits per heavy atom. The van der Waals surface area contributed by atoms with E-state index >= 15 is 0 Å². The first kappa shape index (κ1) is 21.6. The van der Waals surface area contributed by atoms with Gasteiger partial charge in [0.05, 0.1) is 5.41 Å². The summed E-state index contributed by atoms with van der Waals surface area (Å²) in [6, 6.07) is 11.9. The predicted octanol–water partition coefficient (Wildman–Crippen LogP) is 2.98. The molecule has 164 valence electrons. The van der Waals surface area contributed by atoms with E-state index in [2.05, 4.69) is 34.2 Å². The van der Waals surface area contributed by atoms with Gasteiger partial charge in [-0.1, -0.05) is 30.3 Å². The third-order valence-electron chi connectivity index (χ3n) is 6.19. The van der Waals surface area contributed by atoms with Gasteiger partial charge in [0.25, 0.3) is 0 Å². The maximum atomic E-state index is 13.4. The fourth-order valence-corrected chi connectivity index (χ4v) is 5.40. The molecule has 0 unspecified atom stereocenters. The van der Waals surface area contributed by atoms with E-state index in [1.807, 2.05) is 32.0 Å². The lowest BCUT2D eigenvalue weighted by molar-refractivity contribution is -0.135. The quantitative estimate of drug-likeness (QED) is 0.726. The zero-order chi connectivity index (χ0) is 22.0. The topological polar surface area (TPSA) is 78.5 Å². The van der Waals surface area contributed by atoms with Gasteiger partial charge in [0.2, 0.25) is 17.7 Å². The fraction of sp³-hybridized carbons (Fsp3) is 0.458. The van der Waals surface area contributed by atoms with Gasteiger partial charge in [0.15, 0.2) is 0 Å². The largest absolute Gasteiger partial charge is 0.353 e. The summed E-state index contributed by atoms with van der Waals surface area (Å²) in [5, 5.41) is 7.91. The monoisotopic (exact) mass is 439 g/mol. The number of benzene rings is 1. The van der Waals surface area contributed by atoms with Gasteiger partial charge >= 0.3 is 0 Å². The van der Waals surface area contributed by atoms with Crippen LogP contribution in [0.25, 0.3) is 10.4 Å². The molecule has 0 bridgehead atoms. The zero-order valence-electron chi connectivity index (χ0n) is 18.0. The van der Waals surface area contributed by atoms with Crippen molar-refractivity contribution in [3.63, 3.8) is 0 Å². The Morgan fingerprint density at radius 1 is 1.26 bits per heavy atom. The van der Waals surface area contributed by atoms with E-state index in [-0.39, 0.29) is 23.8 Å². The minimum atomic E-state index is -0.685. The molecule has 0 radical (unpaired) electrons. The van der Waals surface area contributed by atoms with Gasteiger partial charge < -0.3 is 15.5 Å². The molecule has 2 aromatic rings. The summed E-state index contributed by atoms with van der Waals surface area (Å²) >= 11 is 1.68. The summed E-state index contributed by atoms with van der Waals surface area (Å²) < 4.78 is 0. The molecule has 2 N–H and O–H groups in total. The van der Waals surface area contributed by atoms with Gasteiger partial charge in [-0.2, -0.15) is 0 Å². The van der Waals surface area contributed by atoms with Crippen LogP contribution in [0.5, 0.6) is 0 Å². The molecule has 0 spiro atoms. The second kappa shape index (κ2) is 8.83. The van der Waals surface area contributed by atoms with E-state index in [1.165, 1.54) is 4.88 Å². The first-order valence-corrected chi connectivity index (χ1v) is 11.8. The molecule has 2 aliphatic heterocycles. The predicted molar refractivity (Wildman–Crippen MR) is 122 cm³/mol. The second-order valence-corrected chi connectivity index (χ2v) is 9.84. The molecule has 2 saturated heterocycles. The first-order chi connectivity index (χ1) is 14.9. The number of likely N-dealkylation sites (tertiary alicyclic amines) is 1. The molecular weight excluding hydrogens is 410 g/mol. The van der Waals surface area contributed by atoms with Crippen LogP contribution in [0.15, 0.2) is 41.8 Å². The van der Waals surface area contributed by atoms with Gasteiger partial charge in [0.1, 0.15) is 6.04 Å². The van der Waals surface area contributed by atoms with Gasteiger partial charge in [0, 0.05) is 30.4 Å². The number of thiophene rings is 1. The Kier molecular flexibility index (Phi) is 6.14. The maximum absolute atomic E-state index is 13.4. The molecule has 2 atom stereocenters. The highest BCUT2D eigenvalue weighted by Crippen LogP contribution is 2.39. The molecule has 7 heteroatoms. The highest BCUT2D eigenvalue weighted by Gasteiger charge is 2.47. The smallest absolute Gasteiger partial charge is 0.245 e. The number of carbonyl (C=O) groups is 3. The van der Waals surface area contributed by atoms with Crippen molar-refractivity contribution in [2.75, 3.05) is 13.1 Å². The van der Waals surface area contributed by atoms with Crippen LogP contribution >= 0.6 is 11.3 Å². The van der Waals surface area contributed by atoms with E-state index < -0.39 is 11.5 Å². The molecule has 6 nitrogen and oxygen atoms in total. The normalized spacial score (nSPS) is 23.3. The summed E-state index contributed by atoms with van der Waals surface area (Å²) in [5.41, 5.74) is 1.57. The Labute approximate surface area is 187 Å². The van der Waals surface area contributed by atoms with Crippen LogP contribution in [-0.2, 0) is 20.8 Å². The van der Waals surface area contributed by atoms with E-state index in [4.69, 9.17) is 0 Å². The van der Waals surface area contributed by atoms with Crippen LogP contribution < -0.4 is 10.6 Å². The van der Waals surface area contributed by atoms with Crippen molar-refractivity contribution in [3.8, 4) is 10.4 Å². The fourth-order valence-electron chi connectivity index (χ4n) is 4.62. The summed E-state index contributed by atoms with van der Waals surface area (Å²) in [6.45, 7) is 4.81. The van der Waals surface area contributed by atoms with E-state index in [0.29, 0.717) is 38.8 Å². The number of nitrogens with one attached hydrogen (secondary N) is 2. The number of hydrogen-bond donors (Lipinski definition) is 2. The minimum Gasteiger partial charge on any atom is -0.353 e. The SMILES string of the molecule is CC(C)NC(=O)[C@@]1(Cc2ccccc2-c2cccs2)CCN(C(=O)[C@H]2CCC(=O)N2)C1. The van der Waals surface area contributed by atoms with Crippen molar-refractivity contribution >= 4 is 29.1 Å². The zero-order valence-corrected chi connectivity index (χ0v) is 18.8. The van der Waals surface area contributed by atoms with Crippen molar-refractivity contribution in [1.82, 2.24) is 15.5 Å². The molecule has 0 saturated carbocycles. The van der Waals surface area contributed by atoms with Crippen LogP contribution in [0.2, 0.25) is 0 Å². The summed E-state index contributed by atoms with van der Waals surface area (Å²) in [4.78, 5) is 40.9. The number of hydrogen-bond acceptors (Lipinski definition) is 4. The maximum Gasteiger partial charge on any atom is 0.245 e. The van der Waals surface area contributed by atoms with Gasteiger partial charge in [-0.05, 0) is 55.7 Å². The van der Waals surface area contributed by atoms with Crippen molar-refractivity contribution in [1.29, 1.82) is 0 Å². The molecule has 1 aromatic carbocycles. The summed E-state index contributed by atoms with van der Waals surface area (Å²) in [5.74, 6) is -0.155. The molecule has 4 rings (SSSR count). The van der Waals surface area contributed by atoms with Gasteiger partial charge in [-0.25, -0.2) is 0 Å². The molecular formula is C24H29N3O3S. The lowest BCUT2D eigenvalue weighted by Gasteiger charge is -2.30. The third-order valence-corrected chi connectivity index (χ3v) is 7.10. The minimum absolute atomic E-state index is 0.00533. The standard InChI is InChI=1S/C24H29N3O3S/c1-16(2)25-23(30)24(11-12-27(15-24)22(29)19-9-10-21(28)26-19)14-17-6-3-4-7-18(17)20-8-5-13-31-20/h3-8,13,16,19H,9-12,14-15H2,1-2H3,(H,25,30)(H,26,28)/t19-,24-/m1/s1. The van der Waals surface area contributed by atoms with Crippen LogP contribution in [0.1, 0.15) is 38.7 Å². The molecule has 0 aliphatic carbocycles. The van der Waals surface area contributed by atoms with Crippen molar-refractivity contribution in [3.05, 3.63) is 47.3 Å². The second-order valence-electron chi connectivity index (χ2n) is 8.89. The van der Waals surface area contributed by atoms with Crippen LogP contribution in [0.3, 0.4) is 0 Å². The Hall–Kier alpha value is -2.67. The molecule has 1 aromatic heterocycles. The average molecular weight is 440 g/mol. The lowest BCUT2D eigenvalue weighted by atomic mass is 9.78. The Bertz CT molecular complexity index is 972. The summed E-state index contributed by atoms with van der Waals surface area (Å²) in [7, 11) is 0. The number of amides is 3. The molecule has 3 amide bonds. The molecule has 31 heavy (non-hydrogen) atoms. The van der Waals surface area contributed by atoms with Crippen LogP contribution in [0.4, 0.5) is 0 Å². The number of rotatable bonds is 6. The van der Waals surface area contributed by atoms with Gasteiger partial charge in [-0.3, -0.25) is 14.4 Å². The summed E-state index contributed by atoms with van der Waals surface area (Å²) in [6.07, 6.45) is 2.09. The third kappa shape index (κ3) is 4.51. The van der Waals surface area contributed by atoms with E-state index in [0.717, 1.165) is 11.1 Å². The van der Waals surface area contributed by atoms with Crippen LogP contribution in [-0.4, -0.2) is 47.8 Å². The first-order valence-electron chi connectivity index (χ1n) is 10.9. The van der Waals surface area contributed by atoms with Crippen LogP contribution in [0, 0.1) is 5.41 Å². The highest BCUT2D eigenvalue weighted by molar-refractivity contribution is 7.13. The number of nitrogens with zero attached hydrogens (tertiary/aromatic N) is 1. The van der Waals surface area contributed by atoms with Crippen molar-refractivity contribution in [2.24, 2.45) is 5.41 Å². The Balaban J connectivity index is 1.61. The average Bonchev–Trinajstić information content (AvgIpc) is 3.49. The van der Waals surface area contributed by atoms with Crippen molar-refractivity contribution in [2.45, 2.75) is 51.6 Å². The number of carbonyl (C=O) groups excluding carboxylic acids is 3. The van der Waals surface area contributed by atoms with Gasteiger partial charge in [-0.15, -0.1) is 11.3 Å². The molecule has 3 heterocycles. The van der Waals surface area contributed by atoms with E-state index in [1.54, 1.807) is 16.2 Å². The molecule has 2 aliphatic rings. The Morgan fingerprint density at radius 3 is 2.74 bits per heavy atom. The molecule has 2 fully saturated rings. The van der Waals surface area contributed by atoms with Crippen molar-refractivity contribution < 1.29 is 14.4 Å². The van der Waals surface area contributed by atoms with E-state index in [9.17, 15) is 14.4 Å².